The first kappa shape index (κ1) is 18.9. The highest BCUT2D eigenvalue weighted by atomic mass is 19.4. The maximum absolute atomic E-state index is 13.1. The van der Waals surface area contributed by atoms with E-state index in [0.717, 1.165) is 12.1 Å². The number of nitrogens with zero attached hydrogens (tertiary/aromatic N) is 3. The summed E-state index contributed by atoms with van der Waals surface area (Å²) in [6.07, 6.45) is -2.82. The van der Waals surface area contributed by atoms with Crippen LogP contribution in [0.1, 0.15) is 28.4 Å². The molecule has 0 N–H and O–H groups in total. The van der Waals surface area contributed by atoms with E-state index in [1.807, 2.05) is 0 Å². The van der Waals surface area contributed by atoms with E-state index in [1.54, 1.807) is 31.4 Å². The van der Waals surface area contributed by atoms with E-state index in [-0.39, 0.29) is 17.9 Å². The van der Waals surface area contributed by atoms with E-state index in [2.05, 4.69) is 5.10 Å². The fourth-order valence-electron chi connectivity index (χ4n) is 3.42. The van der Waals surface area contributed by atoms with Crippen LogP contribution in [-0.4, -0.2) is 20.1 Å². The number of rotatable bonds is 3. The molecule has 0 unspecified atom stereocenters. The highest BCUT2D eigenvalue weighted by Crippen LogP contribution is 2.29. The summed E-state index contributed by atoms with van der Waals surface area (Å²) in [5.41, 5.74) is 1.05. The highest BCUT2D eigenvalue weighted by molar-refractivity contribution is 6.06. The van der Waals surface area contributed by atoms with Gasteiger partial charge in [0.1, 0.15) is 5.52 Å². The summed E-state index contributed by atoms with van der Waals surface area (Å²) in [5, 5.41) is 5.38. The van der Waals surface area contributed by atoms with E-state index < -0.39 is 11.7 Å². The summed E-state index contributed by atoms with van der Waals surface area (Å²) in [4.78, 5) is 24.9. The Morgan fingerprint density at radius 2 is 1.76 bits per heavy atom. The lowest BCUT2D eigenvalue weighted by molar-refractivity contribution is -0.137. The average Bonchev–Trinajstić information content (AvgIpc) is 3.06. The third kappa shape index (κ3) is 3.30. The first-order chi connectivity index (χ1) is 13.6. The van der Waals surface area contributed by atoms with Crippen LogP contribution < -0.4 is 5.56 Å². The summed E-state index contributed by atoms with van der Waals surface area (Å²) in [5.74, 6) is -0.114. The fraction of sp³-hybridized carbons (Fsp3) is 0.190. The second-order valence-electron chi connectivity index (χ2n) is 6.94. The van der Waals surface area contributed by atoms with Gasteiger partial charge in [-0.15, -0.1) is 0 Å². The minimum Gasteiger partial charge on any atom is -0.303 e. The number of alkyl halides is 3. The topological polar surface area (TPSA) is 56.9 Å². The highest BCUT2D eigenvalue weighted by Gasteiger charge is 2.30. The summed E-state index contributed by atoms with van der Waals surface area (Å²) < 4.78 is 41.4. The van der Waals surface area contributed by atoms with Crippen molar-refractivity contribution in [3.63, 3.8) is 0 Å². The van der Waals surface area contributed by atoms with Crippen molar-refractivity contribution in [2.24, 2.45) is 7.05 Å². The lowest BCUT2D eigenvalue weighted by Gasteiger charge is -2.13. The first-order valence-electron chi connectivity index (χ1n) is 8.82. The number of benzene rings is 2. The molecule has 0 amide bonds. The average molecular weight is 399 g/mol. The molecule has 0 atom stereocenters. The molecule has 0 saturated heterocycles. The third-order valence-corrected chi connectivity index (χ3v) is 4.88. The van der Waals surface area contributed by atoms with Gasteiger partial charge in [0.15, 0.2) is 5.78 Å². The molecule has 0 aliphatic heterocycles. The van der Waals surface area contributed by atoms with E-state index in [0.29, 0.717) is 32.9 Å². The molecule has 8 heteroatoms. The van der Waals surface area contributed by atoms with Crippen molar-refractivity contribution in [1.82, 2.24) is 14.3 Å². The van der Waals surface area contributed by atoms with Gasteiger partial charge in [-0.05, 0) is 42.8 Å². The Morgan fingerprint density at radius 3 is 2.38 bits per heavy atom. The van der Waals surface area contributed by atoms with Gasteiger partial charge in [0.25, 0.3) is 5.56 Å². The molecule has 0 saturated carbocycles. The molecule has 0 radical (unpaired) electrons. The summed E-state index contributed by atoms with van der Waals surface area (Å²) in [7, 11) is 1.69. The number of pyridine rings is 1. The van der Waals surface area contributed by atoms with Crippen molar-refractivity contribution in [2.75, 3.05) is 0 Å². The molecule has 4 aromatic rings. The second-order valence-corrected chi connectivity index (χ2v) is 6.94. The molecule has 148 valence electrons. The summed E-state index contributed by atoms with van der Waals surface area (Å²) in [6, 6.07) is 9.71. The zero-order valence-electron chi connectivity index (χ0n) is 15.6. The molecule has 29 heavy (non-hydrogen) atoms. The van der Waals surface area contributed by atoms with Crippen LogP contribution >= 0.6 is 0 Å². The van der Waals surface area contributed by atoms with Crippen LogP contribution in [0.5, 0.6) is 0 Å². The smallest absolute Gasteiger partial charge is 0.303 e. The Kier molecular flexibility index (Phi) is 4.29. The lowest BCUT2D eigenvalue weighted by Crippen LogP contribution is -2.21. The number of hydrogen-bond donors (Lipinski definition) is 0. The number of ketones is 1. The van der Waals surface area contributed by atoms with Crippen molar-refractivity contribution in [2.45, 2.75) is 19.6 Å². The number of aromatic nitrogens is 3. The Labute approximate surface area is 163 Å². The molecular weight excluding hydrogens is 383 g/mol. The van der Waals surface area contributed by atoms with E-state index >= 15 is 0 Å². The Balaban J connectivity index is 1.92. The van der Waals surface area contributed by atoms with Gasteiger partial charge in [-0.25, -0.2) is 0 Å². The lowest BCUT2D eigenvalue weighted by atomic mass is 10.1. The zero-order valence-corrected chi connectivity index (χ0v) is 15.6. The molecule has 2 heterocycles. The van der Waals surface area contributed by atoms with Crippen molar-refractivity contribution in [3.8, 4) is 0 Å². The van der Waals surface area contributed by atoms with Crippen LogP contribution in [0.3, 0.4) is 0 Å². The van der Waals surface area contributed by atoms with E-state index in [9.17, 15) is 22.8 Å². The maximum Gasteiger partial charge on any atom is 0.416 e. The van der Waals surface area contributed by atoms with Gasteiger partial charge in [0.2, 0.25) is 0 Å². The van der Waals surface area contributed by atoms with Gasteiger partial charge in [0.05, 0.1) is 23.0 Å². The number of carbonyl (C=O) groups excluding carboxylic acids is 1. The van der Waals surface area contributed by atoms with Crippen LogP contribution in [0.4, 0.5) is 13.2 Å². The van der Waals surface area contributed by atoms with Crippen molar-refractivity contribution in [3.05, 3.63) is 75.7 Å². The maximum atomic E-state index is 13.1. The minimum absolute atomic E-state index is 0.0950. The molecule has 2 aromatic carbocycles. The van der Waals surface area contributed by atoms with Crippen LogP contribution in [-0.2, 0) is 19.8 Å². The second kappa shape index (κ2) is 6.58. The summed E-state index contributed by atoms with van der Waals surface area (Å²) in [6.45, 7) is 1.55. The van der Waals surface area contributed by atoms with Crippen LogP contribution in [0.2, 0.25) is 0 Å². The Hall–Kier alpha value is -3.42. The third-order valence-electron chi connectivity index (χ3n) is 4.88. The Bertz CT molecular complexity index is 1320. The number of halogens is 3. The van der Waals surface area contributed by atoms with Gasteiger partial charge in [-0.3, -0.25) is 14.3 Å². The normalized spacial score (nSPS) is 12.0. The first-order valence-corrected chi connectivity index (χ1v) is 8.82. The van der Waals surface area contributed by atoms with Crippen molar-refractivity contribution in [1.29, 1.82) is 0 Å². The number of fused-ring (bicyclic) bond motifs is 3. The molecule has 5 nitrogen and oxygen atoms in total. The van der Waals surface area contributed by atoms with Gasteiger partial charge >= 0.3 is 6.18 Å². The number of hydrogen-bond acceptors (Lipinski definition) is 3. The number of aryl methyl sites for hydroxylation is 1. The largest absolute Gasteiger partial charge is 0.416 e. The molecule has 0 spiro atoms. The van der Waals surface area contributed by atoms with Crippen molar-refractivity contribution < 1.29 is 18.0 Å². The van der Waals surface area contributed by atoms with Gasteiger partial charge in [-0.1, -0.05) is 12.1 Å². The van der Waals surface area contributed by atoms with Crippen LogP contribution in [0, 0.1) is 0 Å². The molecule has 2 aromatic heterocycles. The molecule has 0 aliphatic rings. The van der Waals surface area contributed by atoms with Crippen LogP contribution in [0.25, 0.3) is 21.8 Å². The standard InChI is InChI=1S/C21H16F3N3O2/c1-12(28)14-5-8-18-16(9-14)19-17(11-26(2)25-19)20(29)27(18)10-13-3-6-15(7-4-13)21(22,23)24/h3-9,11H,10H2,1-2H3. The quantitative estimate of drug-likeness (QED) is 0.486. The van der Waals surface area contributed by atoms with Gasteiger partial charge in [-0.2, -0.15) is 18.3 Å². The van der Waals surface area contributed by atoms with Gasteiger partial charge in [0, 0.05) is 24.2 Å². The summed E-state index contributed by atoms with van der Waals surface area (Å²) >= 11 is 0. The monoisotopic (exact) mass is 399 g/mol. The SMILES string of the molecule is CC(=O)c1ccc2c(c1)c1nn(C)cc1c(=O)n2Cc1ccc(C(F)(F)F)cc1. The molecule has 0 bridgehead atoms. The van der Waals surface area contributed by atoms with Crippen LogP contribution in [0.15, 0.2) is 53.5 Å². The van der Waals surface area contributed by atoms with Crippen molar-refractivity contribution >= 4 is 27.6 Å². The predicted octanol–water partition coefficient (Wildman–Crippen LogP) is 4.16. The number of Topliss-reactive ketones (excluding diaryl/α,β-unsaturated/α-hetero) is 1. The molecule has 4 rings (SSSR count). The Morgan fingerprint density at radius 1 is 1.07 bits per heavy atom. The van der Waals surface area contributed by atoms with E-state index in [4.69, 9.17) is 0 Å². The minimum atomic E-state index is -4.42. The predicted molar refractivity (Wildman–Crippen MR) is 103 cm³/mol. The zero-order chi connectivity index (χ0) is 20.9. The van der Waals surface area contributed by atoms with Gasteiger partial charge < -0.3 is 4.57 Å². The molecular formula is C21H16F3N3O2. The van der Waals surface area contributed by atoms with E-state index in [1.165, 1.54) is 28.3 Å². The molecule has 0 aliphatic carbocycles. The number of carbonyl (C=O) groups is 1. The fourth-order valence-corrected chi connectivity index (χ4v) is 3.42. The molecule has 0 fully saturated rings.